The lowest BCUT2D eigenvalue weighted by Crippen LogP contribution is -2.26. The van der Waals surface area contributed by atoms with Crippen molar-refractivity contribution in [2.45, 2.75) is 11.4 Å². The molecule has 3 rings (SSSR count). The number of halogens is 1. The fraction of sp³-hybridized carbons (Fsp3) is 0.0952. The lowest BCUT2D eigenvalue weighted by Gasteiger charge is -2.17. The van der Waals surface area contributed by atoms with Crippen LogP contribution in [-0.4, -0.2) is 26.3 Å². The summed E-state index contributed by atoms with van der Waals surface area (Å²) in [6, 6.07) is 22.3. The third-order valence-electron chi connectivity index (χ3n) is 4.12. The van der Waals surface area contributed by atoms with Gasteiger partial charge in [0.2, 0.25) is 0 Å². The van der Waals surface area contributed by atoms with Crippen LogP contribution in [0.3, 0.4) is 0 Å². The van der Waals surface area contributed by atoms with Gasteiger partial charge in [0, 0.05) is 29.3 Å². The average molecular weight is 459 g/mol. The third kappa shape index (κ3) is 4.99. The molecule has 0 aromatic heterocycles. The van der Waals surface area contributed by atoms with Crippen LogP contribution in [-0.2, 0) is 16.6 Å². The van der Waals surface area contributed by atoms with E-state index < -0.39 is 10.0 Å². The number of rotatable bonds is 6. The van der Waals surface area contributed by atoms with Gasteiger partial charge < -0.3 is 4.90 Å². The fourth-order valence-corrected chi connectivity index (χ4v) is 3.98. The van der Waals surface area contributed by atoms with Crippen LogP contribution in [0.15, 0.2) is 88.2 Å². The minimum absolute atomic E-state index is 0.100. The molecule has 0 saturated heterocycles. The summed E-state index contributed by atoms with van der Waals surface area (Å²) in [6.07, 6.45) is 0. The summed E-state index contributed by atoms with van der Waals surface area (Å²) in [5.74, 6) is -0.178. The Morgan fingerprint density at radius 1 is 0.929 bits per heavy atom. The predicted octanol–water partition coefficient (Wildman–Crippen LogP) is 4.52. The SMILES string of the molecule is CN(Cc1ccc(Br)cc1)C(=O)c1ccc(S(=O)(=O)Nc2ccccc2)cc1. The van der Waals surface area contributed by atoms with E-state index in [1.165, 1.54) is 24.3 Å². The zero-order valence-corrected chi connectivity index (χ0v) is 17.6. The van der Waals surface area contributed by atoms with Crippen LogP contribution in [0.25, 0.3) is 0 Å². The van der Waals surface area contributed by atoms with Crippen molar-refractivity contribution >= 4 is 37.5 Å². The molecule has 0 aliphatic carbocycles. The fourth-order valence-electron chi connectivity index (χ4n) is 2.65. The monoisotopic (exact) mass is 458 g/mol. The molecule has 144 valence electrons. The molecule has 7 heteroatoms. The summed E-state index contributed by atoms with van der Waals surface area (Å²) in [4.78, 5) is 14.3. The van der Waals surface area contributed by atoms with Gasteiger partial charge in [-0.25, -0.2) is 8.42 Å². The molecule has 0 spiro atoms. The molecule has 0 bridgehead atoms. The minimum Gasteiger partial charge on any atom is -0.337 e. The van der Waals surface area contributed by atoms with Gasteiger partial charge in [-0.05, 0) is 54.1 Å². The van der Waals surface area contributed by atoms with E-state index >= 15 is 0 Å². The molecule has 1 amide bonds. The largest absolute Gasteiger partial charge is 0.337 e. The maximum absolute atomic E-state index is 12.6. The molecule has 0 heterocycles. The summed E-state index contributed by atoms with van der Waals surface area (Å²) >= 11 is 3.39. The van der Waals surface area contributed by atoms with E-state index in [0.29, 0.717) is 17.8 Å². The number of carbonyl (C=O) groups is 1. The minimum atomic E-state index is -3.71. The standard InChI is InChI=1S/C21H19BrN2O3S/c1-24(15-16-7-11-18(22)12-8-16)21(25)17-9-13-20(14-10-17)28(26,27)23-19-5-3-2-4-6-19/h2-14,23H,15H2,1H3. The number of nitrogens with one attached hydrogen (secondary N) is 1. The maximum atomic E-state index is 12.6. The van der Waals surface area contributed by atoms with Crippen LogP contribution in [0.4, 0.5) is 5.69 Å². The highest BCUT2D eigenvalue weighted by Gasteiger charge is 2.17. The quantitative estimate of drug-likeness (QED) is 0.590. The molecule has 28 heavy (non-hydrogen) atoms. The van der Waals surface area contributed by atoms with E-state index in [9.17, 15) is 13.2 Å². The topological polar surface area (TPSA) is 66.5 Å². The number of anilines is 1. The van der Waals surface area contributed by atoms with Crippen LogP contribution in [0.2, 0.25) is 0 Å². The van der Waals surface area contributed by atoms with Gasteiger partial charge in [0.1, 0.15) is 0 Å². The third-order valence-corrected chi connectivity index (χ3v) is 6.04. The van der Waals surface area contributed by atoms with E-state index in [1.54, 1.807) is 36.2 Å². The van der Waals surface area contributed by atoms with Crippen molar-refractivity contribution < 1.29 is 13.2 Å². The Hall–Kier alpha value is -2.64. The molecule has 0 aliphatic rings. The van der Waals surface area contributed by atoms with Gasteiger partial charge >= 0.3 is 0 Å². The average Bonchev–Trinajstić information content (AvgIpc) is 2.69. The summed E-state index contributed by atoms with van der Waals surface area (Å²) in [5, 5.41) is 0. The van der Waals surface area contributed by atoms with Gasteiger partial charge in [0.25, 0.3) is 15.9 Å². The van der Waals surface area contributed by atoms with E-state index in [-0.39, 0.29) is 10.8 Å². The highest BCUT2D eigenvalue weighted by atomic mass is 79.9. The first-order valence-electron chi connectivity index (χ1n) is 8.53. The van der Waals surface area contributed by atoms with Gasteiger partial charge in [-0.15, -0.1) is 0 Å². The summed E-state index contributed by atoms with van der Waals surface area (Å²) in [6.45, 7) is 0.460. The zero-order chi connectivity index (χ0) is 20.1. The van der Waals surface area contributed by atoms with Gasteiger partial charge in [-0.2, -0.15) is 0 Å². The molecular weight excluding hydrogens is 440 g/mol. The van der Waals surface area contributed by atoms with Crippen LogP contribution >= 0.6 is 15.9 Å². The van der Waals surface area contributed by atoms with Crippen LogP contribution < -0.4 is 4.72 Å². The molecule has 0 saturated carbocycles. The highest BCUT2D eigenvalue weighted by Crippen LogP contribution is 2.18. The number of amides is 1. The molecule has 3 aromatic carbocycles. The van der Waals surface area contributed by atoms with Crippen molar-refractivity contribution in [3.8, 4) is 0 Å². The Labute approximate surface area is 173 Å². The smallest absolute Gasteiger partial charge is 0.261 e. The predicted molar refractivity (Wildman–Crippen MR) is 114 cm³/mol. The Morgan fingerprint density at radius 3 is 2.14 bits per heavy atom. The molecular formula is C21H19BrN2O3S. The Kier molecular flexibility index (Phi) is 6.16. The van der Waals surface area contributed by atoms with Crippen LogP contribution in [0.1, 0.15) is 15.9 Å². The zero-order valence-electron chi connectivity index (χ0n) is 15.2. The summed E-state index contributed by atoms with van der Waals surface area (Å²) in [5.41, 5.74) is 1.92. The van der Waals surface area contributed by atoms with Crippen molar-refractivity contribution in [2.24, 2.45) is 0 Å². The van der Waals surface area contributed by atoms with Crippen LogP contribution in [0.5, 0.6) is 0 Å². The number of carbonyl (C=O) groups excluding carboxylic acids is 1. The number of nitrogens with zero attached hydrogens (tertiary/aromatic N) is 1. The molecule has 3 aromatic rings. The molecule has 0 radical (unpaired) electrons. The molecule has 5 nitrogen and oxygen atoms in total. The lowest BCUT2D eigenvalue weighted by molar-refractivity contribution is 0.0785. The van der Waals surface area contributed by atoms with E-state index in [0.717, 1.165) is 10.0 Å². The van der Waals surface area contributed by atoms with Gasteiger partial charge in [0.15, 0.2) is 0 Å². The second-order valence-corrected chi connectivity index (χ2v) is 8.88. The number of hydrogen-bond donors (Lipinski definition) is 1. The van der Waals surface area contributed by atoms with E-state index in [2.05, 4.69) is 20.7 Å². The van der Waals surface area contributed by atoms with E-state index in [4.69, 9.17) is 0 Å². The Morgan fingerprint density at radius 2 is 1.54 bits per heavy atom. The first kappa shape index (κ1) is 20.1. The molecule has 0 atom stereocenters. The highest BCUT2D eigenvalue weighted by molar-refractivity contribution is 9.10. The summed E-state index contributed by atoms with van der Waals surface area (Å²) in [7, 11) is -1.99. The van der Waals surface area contributed by atoms with Crippen molar-refractivity contribution in [3.63, 3.8) is 0 Å². The Balaban J connectivity index is 1.70. The Bertz CT molecular complexity index is 1050. The number of benzene rings is 3. The lowest BCUT2D eigenvalue weighted by atomic mass is 10.1. The number of sulfonamides is 1. The summed E-state index contributed by atoms with van der Waals surface area (Å²) < 4.78 is 28.4. The first-order valence-corrected chi connectivity index (χ1v) is 10.8. The molecule has 1 N–H and O–H groups in total. The van der Waals surface area contributed by atoms with E-state index in [1.807, 2.05) is 30.3 Å². The van der Waals surface area contributed by atoms with Crippen molar-refractivity contribution in [1.82, 2.24) is 4.90 Å². The second-order valence-electron chi connectivity index (χ2n) is 6.28. The van der Waals surface area contributed by atoms with Gasteiger partial charge in [-0.1, -0.05) is 46.3 Å². The van der Waals surface area contributed by atoms with Crippen molar-refractivity contribution in [2.75, 3.05) is 11.8 Å². The van der Waals surface area contributed by atoms with Crippen molar-refractivity contribution in [1.29, 1.82) is 0 Å². The van der Waals surface area contributed by atoms with Gasteiger partial charge in [0.05, 0.1) is 4.90 Å². The van der Waals surface area contributed by atoms with Gasteiger partial charge in [-0.3, -0.25) is 9.52 Å². The second kappa shape index (κ2) is 8.58. The number of para-hydroxylation sites is 1. The molecule has 0 unspecified atom stereocenters. The molecule has 0 aliphatic heterocycles. The number of hydrogen-bond acceptors (Lipinski definition) is 3. The molecule has 0 fully saturated rings. The normalized spacial score (nSPS) is 11.1. The maximum Gasteiger partial charge on any atom is 0.261 e. The van der Waals surface area contributed by atoms with Crippen molar-refractivity contribution in [3.05, 3.63) is 94.5 Å². The first-order chi connectivity index (χ1) is 13.3. The van der Waals surface area contributed by atoms with Crippen LogP contribution in [0, 0.1) is 0 Å².